The van der Waals surface area contributed by atoms with Gasteiger partial charge in [-0.1, -0.05) is 12.1 Å². The second-order valence-electron chi connectivity index (χ2n) is 5.81. The maximum atomic E-state index is 12.5. The topological polar surface area (TPSA) is 89.5 Å². The van der Waals surface area contributed by atoms with Gasteiger partial charge in [-0.3, -0.25) is 4.79 Å². The lowest BCUT2D eigenvalue weighted by atomic mass is 10.2. The average molecular weight is 377 g/mol. The summed E-state index contributed by atoms with van der Waals surface area (Å²) in [5.74, 6) is 0.422. The van der Waals surface area contributed by atoms with Gasteiger partial charge in [0, 0.05) is 29.2 Å². The lowest BCUT2D eigenvalue weighted by Gasteiger charge is -2.10. The van der Waals surface area contributed by atoms with Crippen LogP contribution in [0, 0.1) is 0 Å². The van der Waals surface area contributed by atoms with Crippen molar-refractivity contribution in [2.45, 2.75) is 0 Å². The van der Waals surface area contributed by atoms with E-state index in [1.165, 1.54) is 13.3 Å². The third-order valence-corrected chi connectivity index (χ3v) is 3.91. The van der Waals surface area contributed by atoms with Crippen molar-refractivity contribution in [3.63, 3.8) is 0 Å². The highest BCUT2D eigenvalue weighted by molar-refractivity contribution is 6.04. The van der Waals surface area contributed by atoms with Gasteiger partial charge in [0.2, 0.25) is 0 Å². The molecule has 1 amide bonds. The minimum absolute atomic E-state index is 0.276. The van der Waals surface area contributed by atoms with Crippen molar-refractivity contribution < 1.29 is 19.1 Å². The Morgan fingerprint density at radius 2 is 1.68 bits per heavy atom. The van der Waals surface area contributed by atoms with Gasteiger partial charge in [0.15, 0.2) is 0 Å². The van der Waals surface area contributed by atoms with Gasteiger partial charge in [-0.15, -0.1) is 0 Å². The summed E-state index contributed by atoms with van der Waals surface area (Å²) in [5, 5.41) is 5.90. The zero-order valence-electron chi connectivity index (χ0n) is 15.4. The molecule has 142 valence electrons. The maximum Gasteiger partial charge on any atom is 0.337 e. The largest absolute Gasteiger partial charge is 0.497 e. The van der Waals surface area contributed by atoms with E-state index in [9.17, 15) is 9.59 Å². The lowest BCUT2D eigenvalue weighted by Crippen LogP contribution is -2.12. The molecule has 28 heavy (non-hydrogen) atoms. The van der Waals surface area contributed by atoms with Crippen LogP contribution in [0.5, 0.6) is 5.75 Å². The van der Waals surface area contributed by atoms with E-state index in [4.69, 9.17) is 9.47 Å². The predicted molar refractivity (Wildman–Crippen MR) is 106 cm³/mol. The molecular formula is C21H19N3O4. The van der Waals surface area contributed by atoms with Crippen molar-refractivity contribution in [1.82, 2.24) is 4.98 Å². The molecule has 3 aromatic rings. The molecule has 7 heteroatoms. The second kappa shape index (κ2) is 8.68. The number of anilines is 3. The molecule has 0 aliphatic heterocycles. The number of hydrogen-bond acceptors (Lipinski definition) is 6. The first-order valence-electron chi connectivity index (χ1n) is 8.46. The predicted octanol–water partition coefficient (Wildman–Crippen LogP) is 3.87. The number of methoxy groups -OCH3 is 2. The number of ether oxygens (including phenoxy) is 2. The molecule has 0 atom stereocenters. The normalized spacial score (nSPS) is 10.1. The molecule has 1 aromatic heterocycles. The Kier molecular flexibility index (Phi) is 5.86. The molecule has 0 saturated carbocycles. The Balaban J connectivity index is 1.75. The molecule has 0 unspecified atom stereocenters. The van der Waals surface area contributed by atoms with Gasteiger partial charge in [0.25, 0.3) is 5.91 Å². The molecule has 2 aromatic carbocycles. The van der Waals surface area contributed by atoms with E-state index in [1.54, 1.807) is 67.8 Å². The highest BCUT2D eigenvalue weighted by Gasteiger charge is 2.10. The molecule has 2 N–H and O–H groups in total. The zero-order chi connectivity index (χ0) is 19.9. The van der Waals surface area contributed by atoms with Crippen LogP contribution in [0.15, 0.2) is 66.9 Å². The van der Waals surface area contributed by atoms with Crippen LogP contribution in [0.1, 0.15) is 20.7 Å². The summed E-state index contributed by atoms with van der Waals surface area (Å²) < 4.78 is 9.88. The summed E-state index contributed by atoms with van der Waals surface area (Å²) >= 11 is 0. The fourth-order valence-corrected chi connectivity index (χ4v) is 2.53. The summed E-state index contributed by atoms with van der Waals surface area (Å²) in [5.41, 5.74) is 2.13. The quantitative estimate of drug-likeness (QED) is 0.634. The summed E-state index contributed by atoms with van der Waals surface area (Å²) in [4.78, 5) is 28.4. The Bertz CT molecular complexity index is 1000. The third kappa shape index (κ3) is 4.64. The SMILES string of the molecule is COC(=O)c1cccc(Nc2cc(C(=O)Nc3cccc(OC)c3)ccn2)c1. The van der Waals surface area contributed by atoms with E-state index < -0.39 is 5.97 Å². The molecule has 0 saturated heterocycles. The third-order valence-electron chi connectivity index (χ3n) is 3.91. The minimum atomic E-state index is -0.428. The first-order valence-corrected chi connectivity index (χ1v) is 8.46. The van der Waals surface area contributed by atoms with Crippen molar-refractivity contribution in [2.24, 2.45) is 0 Å². The molecule has 0 bridgehead atoms. The molecule has 1 heterocycles. The molecule has 0 aliphatic carbocycles. The first-order chi connectivity index (χ1) is 13.6. The van der Waals surface area contributed by atoms with Crippen LogP contribution in [0.2, 0.25) is 0 Å². The number of nitrogens with zero attached hydrogens (tertiary/aromatic N) is 1. The van der Waals surface area contributed by atoms with Gasteiger partial charge >= 0.3 is 5.97 Å². The minimum Gasteiger partial charge on any atom is -0.497 e. The van der Waals surface area contributed by atoms with Gasteiger partial charge in [0.1, 0.15) is 11.6 Å². The van der Waals surface area contributed by atoms with Crippen LogP contribution in [-0.4, -0.2) is 31.1 Å². The smallest absolute Gasteiger partial charge is 0.337 e. The standard InChI is InChI=1S/C21H19N3O4/c1-27-18-8-4-7-17(13-18)24-20(25)14-9-10-22-19(12-14)23-16-6-3-5-15(11-16)21(26)28-2/h3-13H,1-2H3,(H,22,23)(H,24,25). The Labute approximate surface area is 162 Å². The Morgan fingerprint density at radius 1 is 0.893 bits per heavy atom. The van der Waals surface area contributed by atoms with Crippen LogP contribution >= 0.6 is 0 Å². The number of esters is 1. The summed E-state index contributed by atoms with van der Waals surface area (Å²) in [6, 6.07) is 17.2. The molecule has 7 nitrogen and oxygen atoms in total. The average Bonchev–Trinajstić information content (AvgIpc) is 2.73. The number of carbonyl (C=O) groups excluding carboxylic acids is 2. The van der Waals surface area contributed by atoms with Crippen LogP contribution in [-0.2, 0) is 4.74 Å². The number of aromatic nitrogens is 1. The maximum absolute atomic E-state index is 12.5. The molecule has 0 fully saturated rings. The number of pyridine rings is 1. The molecule has 0 aliphatic rings. The van der Waals surface area contributed by atoms with E-state index in [0.717, 1.165) is 0 Å². The monoisotopic (exact) mass is 377 g/mol. The van der Waals surface area contributed by atoms with Crippen LogP contribution in [0.4, 0.5) is 17.2 Å². The fraction of sp³-hybridized carbons (Fsp3) is 0.0952. The second-order valence-corrected chi connectivity index (χ2v) is 5.81. The highest BCUT2D eigenvalue weighted by Crippen LogP contribution is 2.20. The number of amides is 1. The van der Waals surface area contributed by atoms with Crippen LogP contribution < -0.4 is 15.4 Å². The summed E-state index contributed by atoms with van der Waals surface area (Å²) in [6.07, 6.45) is 1.53. The van der Waals surface area contributed by atoms with Gasteiger partial charge in [-0.25, -0.2) is 9.78 Å². The Morgan fingerprint density at radius 3 is 2.46 bits per heavy atom. The molecule has 0 spiro atoms. The number of benzene rings is 2. The molecule has 0 radical (unpaired) electrons. The van der Waals surface area contributed by atoms with Crippen molar-refractivity contribution in [3.05, 3.63) is 78.0 Å². The van der Waals surface area contributed by atoms with Gasteiger partial charge in [0.05, 0.1) is 19.8 Å². The van der Waals surface area contributed by atoms with E-state index in [-0.39, 0.29) is 5.91 Å². The molecular weight excluding hydrogens is 358 g/mol. The van der Waals surface area contributed by atoms with E-state index in [0.29, 0.717) is 34.1 Å². The number of nitrogens with one attached hydrogen (secondary N) is 2. The van der Waals surface area contributed by atoms with Crippen molar-refractivity contribution in [2.75, 3.05) is 24.9 Å². The van der Waals surface area contributed by atoms with Crippen molar-refractivity contribution >= 4 is 29.1 Å². The molecule has 3 rings (SSSR count). The number of hydrogen-bond donors (Lipinski definition) is 2. The van der Waals surface area contributed by atoms with Crippen molar-refractivity contribution in [3.8, 4) is 5.75 Å². The summed E-state index contributed by atoms with van der Waals surface area (Å²) in [6.45, 7) is 0. The van der Waals surface area contributed by atoms with E-state index >= 15 is 0 Å². The fourth-order valence-electron chi connectivity index (χ4n) is 2.53. The highest BCUT2D eigenvalue weighted by atomic mass is 16.5. The van der Waals surface area contributed by atoms with Crippen LogP contribution in [0.25, 0.3) is 0 Å². The lowest BCUT2D eigenvalue weighted by molar-refractivity contribution is 0.0600. The van der Waals surface area contributed by atoms with Gasteiger partial charge in [-0.05, 0) is 42.5 Å². The van der Waals surface area contributed by atoms with Gasteiger partial charge < -0.3 is 20.1 Å². The number of rotatable bonds is 6. The zero-order valence-corrected chi connectivity index (χ0v) is 15.4. The van der Waals surface area contributed by atoms with Crippen molar-refractivity contribution in [1.29, 1.82) is 0 Å². The number of carbonyl (C=O) groups is 2. The van der Waals surface area contributed by atoms with E-state index in [1.807, 2.05) is 0 Å². The first kappa shape index (κ1) is 18.9. The Hall–Kier alpha value is -3.87. The van der Waals surface area contributed by atoms with Crippen LogP contribution in [0.3, 0.4) is 0 Å². The van der Waals surface area contributed by atoms with Gasteiger partial charge in [-0.2, -0.15) is 0 Å². The summed E-state index contributed by atoms with van der Waals surface area (Å²) in [7, 11) is 2.89. The van der Waals surface area contributed by atoms with E-state index in [2.05, 4.69) is 15.6 Å².